The molecule has 27 heavy (non-hydrogen) atoms. The van der Waals surface area contributed by atoms with Crippen LogP contribution in [0.5, 0.6) is 5.75 Å². The Hall–Kier alpha value is -3.59. The Balaban J connectivity index is 1.48. The summed E-state index contributed by atoms with van der Waals surface area (Å²) in [7, 11) is 0. The van der Waals surface area contributed by atoms with Gasteiger partial charge in [0.2, 0.25) is 0 Å². The molecule has 0 saturated carbocycles. The van der Waals surface area contributed by atoms with Crippen LogP contribution in [0.2, 0.25) is 0 Å². The van der Waals surface area contributed by atoms with E-state index >= 15 is 0 Å². The number of imidazole rings is 1. The van der Waals surface area contributed by atoms with Gasteiger partial charge in [-0.25, -0.2) is 9.78 Å². The Morgan fingerprint density at radius 1 is 1.19 bits per heavy atom. The van der Waals surface area contributed by atoms with E-state index in [1.54, 1.807) is 55.0 Å². The number of nitriles is 1. The van der Waals surface area contributed by atoms with Crippen LogP contribution in [0.4, 0.5) is 0 Å². The molecule has 1 heterocycles. The van der Waals surface area contributed by atoms with Crippen molar-refractivity contribution < 1.29 is 14.3 Å². The Morgan fingerprint density at radius 2 is 2.04 bits per heavy atom. The molecule has 0 fully saturated rings. The number of aromatic nitrogens is 2. The molecule has 136 valence electrons. The molecule has 0 aliphatic carbocycles. The molecule has 2 aromatic carbocycles. The van der Waals surface area contributed by atoms with Crippen LogP contribution in [0.25, 0.3) is 0 Å². The van der Waals surface area contributed by atoms with Gasteiger partial charge in [0.15, 0.2) is 0 Å². The van der Waals surface area contributed by atoms with Crippen LogP contribution in [-0.4, -0.2) is 22.1 Å². The van der Waals surface area contributed by atoms with Gasteiger partial charge in [-0.15, -0.1) is 0 Å². The summed E-state index contributed by atoms with van der Waals surface area (Å²) >= 11 is 0. The molecule has 0 aliphatic rings. The van der Waals surface area contributed by atoms with E-state index in [-0.39, 0.29) is 5.97 Å². The van der Waals surface area contributed by atoms with Crippen molar-refractivity contribution >= 4 is 5.97 Å². The molecule has 0 bridgehead atoms. The van der Waals surface area contributed by atoms with Crippen LogP contribution in [-0.2, 0) is 17.9 Å². The maximum atomic E-state index is 12.2. The number of hydrogen-bond acceptors (Lipinski definition) is 5. The number of hydrogen-bond donors (Lipinski definition) is 0. The largest absolute Gasteiger partial charge is 0.489 e. The van der Waals surface area contributed by atoms with Gasteiger partial charge in [0.05, 0.1) is 30.1 Å². The molecule has 3 rings (SSSR count). The minimum absolute atomic E-state index is 0.327. The minimum atomic E-state index is -0.346. The molecule has 0 spiro atoms. The van der Waals surface area contributed by atoms with Crippen molar-refractivity contribution in [1.29, 1.82) is 5.26 Å². The van der Waals surface area contributed by atoms with Crippen molar-refractivity contribution in [2.75, 3.05) is 6.61 Å². The fraction of sp³-hybridized carbons (Fsp3) is 0.190. The second kappa shape index (κ2) is 9.20. The van der Waals surface area contributed by atoms with Crippen molar-refractivity contribution in [3.05, 3.63) is 83.9 Å². The molecule has 0 radical (unpaired) electrons. The first-order chi connectivity index (χ1) is 13.2. The maximum Gasteiger partial charge on any atom is 0.338 e. The first-order valence-corrected chi connectivity index (χ1v) is 8.59. The number of benzene rings is 2. The van der Waals surface area contributed by atoms with Gasteiger partial charge in [-0.3, -0.25) is 0 Å². The lowest BCUT2D eigenvalue weighted by molar-refractivity contribution is 0.0495. The summed E-state index contributed by atoms with van der Waals surface area (Å²) in [5.41, 5.74) is 1.95. The van der Waals surface area contributed by atoms with Crippen LogP contribution in [0.3, 0.4) is 0 Å². The lowest BCUT2D eigenvalue weighted by Crippen LogP contribution is -2.09. The minimum Gasteiger partial charge on any atom is -0.489 e. The maximum absolute atomic E-state index is 12.2. The highest BCUT2D eigenvalue weighted by Crippen LogP contribution is 2.15. The highest BCUT2D eigenvalue weighted by molar-refractivity contribution is 5.89. The number of rotatable bonds is 8. The summed E-state index contributed by atoms with van der Waals surface area (Å²) in [6.07, 6.45) is 6.05. The van der Waals surface area contributed by atoms with E-state index in [2.05, 4.69) is 11.1 Å². The van der Waals surface area contributed by atoms with Gasteiger partial charge in [0, 0.05) is 18.9 Å². The predicted molar refractivity (Wildman–Crippen MR) is 99.1 cm³/mol. The molecule has 0 saturated heterocycles. The summed E-state index contributed by atoms with van der Waals surface area (Å²) in [6.45, 7) is 1.43. The number of aryl methyl sites for hydroxylation is 1. The average Bonchev–Trinajstić information content (AvgIpc) is 3.23. The number of ether oxygens (including phenoxy) is 2. The predicted octanol–water partition coefficient (Wildman–Crippen LogP) is 3.58. The first-order valence-electron chi connectivity index (χ1n) is 8.59. The first kappa shape index (κ1) is 18.2. The Kier molecular flexibility index (Phi) is 6.21. The van der Waals surface area contributed by atoms with Crippen LogP contribution in [0.15, 0.2) is 67.3 Å². The van der Waals surface area contributed by atoms with E-state index in [4.69, 9.17) is 14.7 Å². The summed E-state index contributed by atoms with van der Waals surface area (Å²) in [4.78, 5) is 16.2. The summed E-state index contributed by atoms with van der Waals surface area (Å²) < 4.78 is 13.0. The molecule has 0 aliphatic heterocycles. The zero-order valence-electron chi connectivity index (χ0n) is 14.7. The standard InChI is InChI=1S/C21H19N3O3/c22-14-17-5-7-20(8-6-17)27-15-18-3-1-4-19(13-18)21(25)26-12-2-10-24-11-9-23-16-24/h1,3-9,11,13,16H,2,10,12,15H2. The second-order valence-electron chi connectivity index (χ2n) is 5.92. The number of nitrogens with zero attached hydrogens (tertiary/aromatic N) is 3. The number of esters is 1. The van der Waals surface area contributed by atoms with E-state index in [9.17, 15) is 4.79 Å². The molecule has 0 atom stereocenters. The van der Waals surface area contributed by atoms with Crippen molar-refractivity contribution in [3.63, 3.8) is 0 Å². The van der Waals surface area contributed by atoms with Crippen LogP contribution in [0.1, 0.15) is 27.9 Å². The van der Waals surface area contributed by atoms with Gasteiger partial charge in [-0.2, -0.15) is 5.26 Å². The molecule has 6 nitrogen and oxygen atoms in total. The topological polar surface area (TPSA) is 77.1 Å². The van der Waals surface area contributed by atoms with Crippen LogP contribution in [0, 0.1) is 11.3 Å². The molecule has 3 aromatic rings. The number of carbonyl (C=O) groups excluding carboxylic acids is 1. The third-order valence-electron chi connectivity index (χ3n) is 3.90. The fourth-order valence-electron chi connectivity index (χ4n) is 2.49. The van der Waals surface area contributed by atoms with E-state index in [1.807, 2.05) is 16.8 Å². The van der Waals surface area contributed by atoms with Crippen molar-refractivity contribution in [2.24, 2.45) is 0 Å². The summed E-state index contributed by atoms with van der Waals surface area (Å²) in [5, 5.41) is 8.81. The zero-order chi connectivity index (χ0) is 18.9. The van der Waals surface area contributed by atoms with E-state index in [1.165, 1.54) is 0 Å². The lowest BCUT2D eigenvalue weighted by atomic mass is 10.1. The quantitative estimate of drug-likeness (QED) is 0.453. The monoisotopic (exact) mass is 361 g/mol. The highest BCUT2D eigenvalue weighted by atomic mass is 16.5. The van der Waals surface area contributed by atoms with Crippen LogP contribution >= 0.6 is 0 Å². The van der Waals surface area contributed by atoms with E-state index < -0.39 is 0 Å². The lowest BCUT2D eigenvalue weighted by Gasteiger charge is -2.09. The molecular weight excluding hydrogens is 342 g/mol. The summed E-state index contributed by atoms with van der Waals surface area (Å²) in [6, 6.07) is 16.1. The highest BCUT2D eigenvalue weighted by Gasteiger charge is 2.08. The van der Waals surface area contributed by atoms with Crippen molar-refractivity contribution in [3.8, 4) is 11.8 Å². The Labute approximate surface area is 157 Å². The van der Waals surface area contributed by atoms with Crippen molar-refractivity contribution in [2.45, 2.75) is 19.6 Å². The van der Waals surface area contributed by atoms with Crippen LogP contribution < -0.4 is 4.74 Å². The smallest absolute Gasteiger partial charge is 0.338 e. The van der Waals surface area contributed by atoms with E-state index in [0.29, 0.717) is 30.1 Å². The van der Waals surface area contributed by atoms with Gasteiger partial charge < -0.3 is 14.0 Å². The molecular formula is C21H19N3O3. The van der Waals surface area contributed by atoms with Gasteiger partial charge in [-0.05, 0) is 48.4 Å². The Morgan fingerprint density at radius 3 is 2.78 bits per heavy atom. The van der Waals surface area contributed by atoms with Crippen molar-refractivity contribution in [1.82, 2.24) is 9.55 Å². The molecule has 0 amide bonds. The van der Waals surface area contributed by atoms with Gasteiger partial charge in [0.1, 0.15) is 12.4 Å². The second-order valence-corrected chi connectivity index (χ2v) is 5.92. The van der Waals surface area contributed by atoms with Gasteiger partial charge >= 0.3 is 5.97 Å². The fourth-order valence-corrected chi connectivity index (χ4v) is 2.49. The SMILES string of the molecule is N#Cc1ccc(OCc2cccc(C(=O)OCCCn3ccnc3)c2)cc1. The number of carbonyl (C=O) groups is 1. The molecule has 1 aromatic heterocycles. The average molecular weight is 361 g/mol. The third kappa shape index (κ3) is 5.44. The normalized spacial score (nSPS) is 10.2. The Bertz CT molecular complexity index is 913. The molecule has 6 heteroatoms. The van der Waals surface area contributed by atoms with E-state index in [0.717, 1.165) is 18.5 Å². The molecule has 0 unspecified atom stereocenters. The van der Waals surface area contributed by atoms with Gasteiger partial charge in [0.25, 0.3) is 0 Å². The molecule has 0 N–H and O–H groups in total. The van der Waals surface area contributed by atoms with Gasteiger partial charge in [-0.1, -0.05) is 12.1 Å². The zero-order valence-corrected chi connectivity index (χ0v) is 14.7. The summed E-state index contributed by atoms with van der Waals surface area (Å²) in [5.74, 6) is 0.322. The third-order valence-corrected chi connectivity index (χ3v) is 3.90.